The van der Waals surface area contributed by atoms with Crippen LogP contribution in [0, 0.1) is 6.92 Å². The molecule has 1 aliphatic heterocycles. The highest BCUT2D eigenvalue weighted by Gasteiger charge is 2.40. The Kier molecular flexibility index (Phi) is 9.10. The van der Waals surface area contributed by atoms with Gasteiger partial charge in [0.25, 0.3) is 5.91 Å². The first-order valence-electron chi connectivity index (χ1n) is 12.3. The Bertz CT molecular complexity index is 1180. The van der Waals surface area contributed by atoms with Gasteiger partial charge in [0.2, 0.25) is 5.91 Å². The Morgan fingerprint density at radius 3 is 2.26 bits per heavy atom. The number of hydrogen-bond donors (Lipinski definition) is 2. The number of carbonyl (C=O) groups excluding carboxylic acids is 3. The number of piperazine rings is 1. The van der Waals surface area contributed by atoms with Crippen molar-refractivity contribution in [3.63, 3.8) is 0 Å². The maximum absolute atomic E-state index is 13.6. The second-order valence-electron chi connectivity index (χ2n) is 10.2. The van der Waals surface area contributed by atoms with Crippen LogP contribution in [-0.2, 0) is 19.1 Å². The zero-order chi connectivity index (χ0) is 29.0. The predicted molar refractivity (Wildman–Crippen MR) is 139 cm³/mol. The third kappa shape index (κ3) is 8.34. The molecule has 3 N–H and O–H groups in total. The summed E-state index contributed by atoms with van der Waals surface area (Å²) in [6.07, 6.45) is -7.07. The molecule has 0 radical (unpaired) electrons. The summed E-state index contributed by atoms with van der Waals surface area (Å²) >= 11 is 0. The third-order valence-electron chi connectivity index (χ3n) is 5.94. The standard InChI is InChI=1S/C27H33F3N4O5/c1-17-7-5-6-8-20(17)33-13-14-34(21(15-33)23(31)35)24(36)22(38-16-27(28,29)30)18-9-11-19(12-10-18)32-25(37)39-26(2,3)4/h5-12,21-22H,13-16H2,1-4H3,(H2,31,35)(H,32,37). The number of benzene rings is 2. The first-order chi connectivity index (χ1) is 18.1. The van der Waals surface area contributed by atoms with Gasteiger partial charge in [-0.25, -0.2) is 4.79 Å². The van der Waals surface area contributed by atoms with E-state index in [0.717, 1.165) is 11.3 Å². The highest BCUT2D eigenvalue weighted by molar-refractivity contribution is 5.90. The summed E-state index contributed by atoms with van der Waals surface area (Å²) in [6, 6.07) is 12.0. The lowest BCUT2D eigenvalue weighted by Crippen LogP contribution is -2.61. The fourth-order valence-corrected chi connectivity index (χ4v) is 4.23. The van der Waals surface area contributed by atoms with Crippen LogP contribution >= 0.6 is 0 Å². The van der Waals surface area contributed by atoms with Crippen LogP contribution in [0.15, 0.2) is 48.5 Å². The summed E-state index contributed by atoms with van der Waals surface area (Å²) in [4.78, 5) is 41.1. The number of nitrogens with one attached hydrogen (secondary N) is 1. The Morgan fingerprint density at radius 2 is 1.69 bits per heavy atom. The molecule has 0 spiro atoms. The minimum atomic E-state index is -4.69. The van der Waals surface area contributed by atoms with Gasteiger partial charge in [-0.05, 0) is 57.0 Å². The molecular weight excluding hydrogens is 517 g/mol. The van der Waals surface area contributed by atoms with Gasteiger partial charge in [0.05, 0.1) is 0 Å². The summed E-state index contributed by atoms with van der Waals surface area (Å²) in [5.41, 5.74) is 7.16. The number of primary amides is 1. The van der Waals surface area contributed by atoms with Gasteiger partial charge < -0.3 is 25.0 Å². The molecule has 1 fully saturated rings. The van der Waals surface area contributed by atoms with E-state index in [1.165, 1.54) is 29.2 Å². The largest absolute Gasteiger partial charge is 0.444 e. The number of nitrogens with two attached hydrogens (primary N) is 1. The van der Waals surface area contributed by atoms with E-state index in [1.807, 2.05) is 36.1 Å². The highest BCUT2D eigenvalue weighted by Crippen LogP contribution is 2.29. The normalized spacial score (nSPS) is 16.9. The molecule has 1 heterocycles. The molecule has 3 rings (SSSR count). The Balaban J connectivity index is 1.83. The first-order valence-corrected chi connectivity index (χ1v) is 12.3. The third-order valence-corrected chi connectivity index (χ3v) is 5.94. The highest BCUT2D eigenvalue weighted by atomic mass is 19.4. The lowest BCUT2D eigenvalue weighted by molar-refractivity contribution is -0.192. The van der Waals surface area contributed by atoms with Crippen molar-refractivity contribution in [1.29, 1.82) is 0 Å². The number of nitrogens with zero attached hydrogens (tertiary/aromatic N) is 2. The van der Waals surface area contributed by atoms with E-state index in [-0.39, 0.29) is 18.7 Å². The fourth-order valence-electron chi connectivity index (χ4n) is 4.23. The average Bonchev–Trinajstić information content (AvgIpc) is 2.83. The average molecular weight is 551 g/mol. The van der Waals surface area contributed by atoms with Gasteiger partial charge in [-0.3, -0.25) is 14.9 Å². The van der Waals surface area contributed by atoms with Crippen LogP contribution in [0.5, 0.6) is 0 Å². The number of anilines is 2. The number of ether oxygens (including phenoxy) is 2. The summed E-state index contributed by atoms with van der Waals surface area (Å²) in [7, 11) is 0. The molecule has 0 aliphatic carbocycles. The van der Waals surface area contributed by atoms with Gasteiger partial charge >= 0.3 is 12.3 Å². The first kappa shape index (κ1) is 29.8. The van der Waals surface area contributed by atoms with Crippen LogP contribution in [0.4, 0.5) is 29.3 Å². The Labute approximate surface area is 225 Å². The van der Waals surface area contributed by atoms with Crippen molar-refractivity contribution < 1.29 is 37.0 Å². The zero-order valence-electron chi connectivity index (χ0n) is 22.2. The number of carbonyl (C=O) groups is 3. The van der Waals surface area contributed by atoms with Crippen molar-refractivity contribution in [2.24, 2.45) is 5.73 Å². The smallest absolute Gasteiger partial charge is 0.412 e. The number of aryl methyl sites for hydroxylation is 1. The minimum Gasteiger partial charge on any atom is -0.444 e. The van der Waals surface area contributed by atoms with Gasteiger partial charge in [0, 0.05) is 31.0 Å². The molecule has 9 nitrogen and oxygen atoms in total. The molecule has 1 saturated heterocycles. The van der Waals surface area contributed by atoms with E-state index in [1.54, 1.807) is 20.8 Å². The van der Waals surface area contributed by atoms with E-state index in [2.05, 4.69) is 5.32 Å². The van der Waals surface area contributed by atoms with Crippen molar-refractivity contribution >= 4 is 29.3 Å². The molecule has 212 valence electrons. The molecule has 3 amide bonds. The van der Waals surface area contributed by atoms with Crippen molar-refractivity contribution in [2.75, 3.05) is 36.5 Å². The van der Waals surface area contributed by atoms with E-state index in [4.69, 9.17) is 15.2 Å². The Hall–Kier alpha value is -3.80. The number of para-hydroxylation sites is 1. The molecular formula is C27H33F3N4O5. The SMILES string of the molecule is Cc1ccccc1N1CCN(C(=O)C(OCC(F)(F)F)c2ccc(NC(=O)OC(C)(C)C)cc2)C(C(N)=O)C1. The lowest BCUT2D eigenvalue weighted by atomic mass is 10.0. The van der Waals surface area contributed by atoms with Crippen LogP contribution in [0.3, 0.4) is 0 Å². The van der Waals surface area contributed by atoms with Crippen molar-refractivity contribution in [3.8, 4) is 0 Å². The summed E-state index contributed by atoms with van der Waals surface area (Å²) in [5.74, 6) is -1.60. The number of rotatable bonds is 7. The van der Waals surface area contributed by atoms with E-state index >= 15 is 0 Å². The van der Waals surface area contributed by atoms with Crippen LogP contribution in [-0.4, -0.2) is 66.9 Å². The van der Waals surface area contributed by atoms with Crippen LogP contribution in [0.2, 0.25) is 0 Å². The second kappa shape index (κ2) is 11.9. The molecule has 39 heavy (non-hydrogen) atoms. The topological polar surface area (TPSA) is 114 Å². The minimum absolute atomic E-state index is 0.0466. The quantitative estimate of drug-likeness (QED) is 0.535. The summed E-state index contributed by atoms with van der Waals surface area (Å²) in [5, 5.41) is 2.52. The molecule has 12 heteroatoms. The number of amides is 3. The number of halogens is 3. The monoisotopic (exact) mass is 550 g/mol. The summed E-state index contributed by atoms with van der Waals surface area (Å²) in [6.45, 7) is 5.80. The van der Waals surface area contributed by atoms with Crippen LogP contribution in [0.25, 0.3) is 0 Å². The number of alkyl halides is 3. The summed E-state index contributed by atoms with van der Waals surface area (Å²) < 4.78 is 49.5. The van der Waals surface area contributed by atoms with Gasteiger partial charge in [-0.2, -0.15) is 13.2 Å². The molecule has 0 saturated carbocycles. The number of hydrogen-bond acceptors (Lipinski definition) is 6. The maximum Gasteiger partial charge on any atom is 0.412 e. The van der Waals surface area contributed by atoms with E-state index in [0.29, 0.717) is 12.2 Å². The van der Waals surface area contributed by atoms with Gasteiger partial charge in [0.1, 0.15) is 18.2 Å². The van der Waals surface area contributed by atoms with Crippen molar-refractivity contribution in [3.05, 3.63) is 59.7 Å². The van der Waals surface area contributed by atoms with Crippen LogP contribution in [0.1, 0.15) is 38.0 Å². The van der Waals surface area contributed by atoms with Crippen LogP contribution < -0.4 is 16.0 Å². The molecule has 0 bridgehead atoms. The molecule has 2 aromatic rings. The van der Waals surface area contributed by atoms with Crippen molar-refractivity contribution in [1.82, 2.24) is 4.90 Å². The molecule has 1 aliphatic rings. The maximum atomic E-state index is 13.6. The van der Waals surface area contributed by atoms with E-state index in [9.17, 15) is 27.6 Å². The van der Waals surface area contributed by atoms with Crippen molar-refractivity contribution in [2.45, 2.75) is 51.6 Å². The second-order valence-corrected chi connectivity index (χ2v) is 10.2. The lowest BCUT2D eigenvalue weighted by Gasteiger charge is -2.42. The van der Waals surface area contributed by atoms with Gasteiger partial charge in [0.15, 0.2) is 6.10 Å². The fraction of sp³-hybridized carbons (Fsp3) is 0.444. The zero-order valence-corrected chi connectivity index (χ0v) is 22.2. The Morgan fingerprint density at radius 1 is 1.05 bits per heavy atom. The van der Waals surface area contributed by atoms with E-state index < -0.39 is 48.4 Å². The van der Waals surface area contributed by atoms with Gasteiger partial charge in [-0.15, -0.1) is 0 Å². The molecule has 2 unspecified atom stereocenters. The molecule has 2 aromatic carbocycles. The predicted octanol–water partition coefficient (Wildman–Crippen LogP) is 4.16. The molecule has 2 atom stereocenters. The van der Waals surface area contributed by atoms with Gasteiger partial charge in [-0.1, -0.05) is 30.3 Å². The molecule has 0 aromatic heterocycles.